The minimum absolute atomic E-state index is 0.108. The molecule has 0 aliphatic carbocycles. The van der Waals surface area contributed by atoms with Gasteiger partial charge in [-0.15, -0.1) is 11.7 Å². The SMILES string of the molecule is CC(C)NC(=O)CCSS. The van der Waals surface area contributed by atoms with Crippen molar-refractivity contribution in [2.24, 2.45) is 0 Å². The number of thiol groups is 1. The molecule has 4 heteroatoms. The normalized spacial score (nSPS) is 10.0. The molecule has 0 atom stereocenters. The molecule has 0 aliphatic heterocycles. The third-order valence-electron chi connectivity index (χ3n) is 0.870. The van der Waals surface area contributed by atoms with E-state index in [0.29, 0.717) is 6.42 Å². The van der Waals surface area contributed by atoms with Gasteiger partial charge in [0.1, 0.15) is 0 Å². The predicted octanol–water partition coefficient (Wildman–Crippen LogP) is 1.48. The van der Waals surface area contributed by atoms with E-state index in [1.807, 2.05) is 13.8 Å². The van der Waals surface area contributed by atoms with Crippen LogP contribution in [-0.2, 0) is 4.79 Å². The van der Waals surface area contributed by atoms with Gasteiger partial charge in [0.2, 0.25) is 5.91 Å². The molecule has 0 aromatic rings. The Morgan fingerprint density at radius 1 is 1.70 bits per heavy atom. The highest BCUT2D eigenvalue weighted by Crippen LogP contribution is 2.05. The number of hydrogen-bond donors (Lipinski definition) is 2. The fourth-order valence-corrected chi connectivity index (χ4v) is 1.08. The molecule has 2 nitrogen and oxygen atoms in total. The number of amides is 1. The summed E-state index contributed by atoms with van der Waals surface area (Å²) < 4.78 is 0. The van der Waals surface area contributed by atoms with Gasteiger partial charge < -0.3 is 5.32 Å². The number of carbonyl (C=O) groups excluding carboxylic acids is 1. The fourth-order valence-electron chi connectivity index (χ4n) is 0.532. The van der Waals surface area contributed by atoms with E-state index in [1.54, 1.807) is 0 Å². The zero-order valence-electron chi connectivity index (χ0n) is 6.26. The monoisotopic (exact) mass is 179 g/mol. The molecule has 0 saturated carbocycles. The van der Waals surface area contributed by atoms with E-state index in [1.165, 1.54) is 10.8 Å². The smallest absolute Gasteiger partial charge is 0.221 e. The molecule has 0 aromatic carbocycles. The Hall–Kier alpha value is 0.170. The molecule has 1 N–H and O–H groups in total. The van der Waals surface area contributed by atoms with E-state index >= 15 is 0 Å². The fraction of sp³-hybridized carbons (Fsp3) is 0.833. The molecule has 0 saturated heterocycles. The van der Waals surface area contributed by atoms with Gasteiger partial charge in [-0.1, -0.05) is 10.8 Å². The lowest BCUT2D eigenvalue weighted by Crippen LogP contribution is -2.30. The van der Waals surface area contributed by atoms with Crippen molar-refractivity contribution in [3.63, 3.8) is 0 Å². The molecule has 0 unspecified atom stereocenters. The van der Waals surface area contributed by atoms with Gasteiger partial charge in [0.15, 0.2) is 0 Å². The third kappa shape index (κ3) is 6.29. The lowest BCUT2D eigenvalue weighted by molar-refractivity contribution is -0.121. The van der Waals surface area contributed by atoms with Gasteiger partial charge in [-0.25, -0.2) is 0 Å². The van der Waals surface area contributed by atoms with Gasteiger partial charge >= 0.3 is 0 Å². The summed E-state index contributed by atoms with van der Waals surface area (Å²) in [5, 5.41) is 2.79. The molecule has 0 rings (SSSR count). The Kier molecular flexibility index (Phi) is 6.02. The molecule has 0 fully saturated rings. The second-order valence-corrected chi connectivity index (χ2v) is 3.75. The maximum Gasteiger partial charge on any atom is 0.221 e. The second-order valence-electron chi connectivity index (χ2n) is 2.31. The molecule has 0 aliphatic rings. The van der Waals surface area contributed by atoms with Crippen molar-refractivity contribution < 1.29 is 4.79 Å². The largest absolute Gasteiger partial charge is 0.354 e. The van der Waals surface area contributed by atoms with E-state index in [0.717, 1.165) is 5.75 Å². The lowest BCUT2D eigenvalue weighted by Gasteiger charge is -2.06. The molecular weight excluding hydrogens is 166 g/mol. The van der Waals surface area contributed by atoms with Crippen molar-refractivity contribution in [1.29, 1.82) is 0 Å². The van der Waals surface area contributed by atoms with Gasteiger partial charge in [-0.05, 0) is 13.8 Å². The average Bonchev–Trinajstić information content (AvgIpc) is 1.82. The number of carbonyl (C=O) groups is 1. The molecule has 0 spiro atoms. The van der Waals surface area contributed by atoms with Crippen molar-refractivity contribution in [3.05, 3.63) is 0 Å². The van der Waals surface area contributed by atoms with Crippen molar-refractivity contribution in [1.82, 2.24) is 5.32 Å². The summed E-state index contributed by atoms with van der Waals surface area (Å²) in [5.74, 6) is 0.887. The Morgan fingerprint density at radius 3 is 2.70 bits per heavy atom. The van der Waals surface area contributed by atoms with Crippen LogP contribution in [-0.4, -0.2) is 17.7 Å². The first-order valence-corrected chi connectivity index (χ1v) is 5.26. The first kappa shape index (κ1) is 10.2. The van der Waals surface area contributed by atoms with Gasteiger partial charge in [0.05, 0.1) is 0 Å². The molecule has 60 valence electrons. The summed E-state index contributed by atoms with van der Waals surface area (Å²) in [7, 11) is 1.39. The Morgan fingerprint density at radius 2 is 2.30 bits per heavy atom. The van der Waals surface area contributed by atoms with Crippen LogP contribution in [0.25, 0.3) is 0 Å². The topological polar surface area (TPSA) is 29.1 Å². The maximum atomic E-state index is 10.9. The molecule has 0 bridgehead atoms. The van der Waals surface area contributed by atoms with E-state index in [2.05, 4.69) is 17.0 Å². The molecule has 1 amide bonds. The maximum absolute atomic E-state index is 10.9. The van der Waals surface area contributed by atoms with Crippen molar-refractivity contribution in [2.45, 2.75) is 26.3 Å². The summed E-state index contributed by atoms with van der Waals surface area (Å²) >= 11 is 3.92. The van der Waals surface area contributed by atoms with Gasteiger partial charge in [-0.3, -0.25) is 4.79 Å². The highest BCUT2D eigenvalue weighted by Gasteiger charge is 2.00. The Balaban J connectivity index is 3.26. The summed E-state index contributed by atoms with van der Waals surface area (Å²) in [4.78, 5) is 10.9. The van der Waals surface area contributed by atoms with Crippen LogP contribution >= 0.6 is 22.5 Å². The van der Waals surface area contributed by atoms with Crippen molar-refractivity contribution in [2.75, 3.05) is 5.75 Å². The van der Waals surface area contributed by atoms with E-state index in [4.69, 9.17) is 0 Å². The van der Waals surface area contributed by atoms with Crippen LogP contribution in [0.5, 0.6) is 0 Å². The zero-order chi connectivity index (χ0) is 7.98. The minimum Gasteiger partial charge on any atom is -0.354 e. The average molecular weight is 179 g/mol. The summed E-state index contributed by atoms with van der Waals surface area (Å²) in [6.07, 6.45) is 0.562. The molecule has 10 heavy (non-hydrogen) atoms. The first-order chi connectivity index (χ1) is 4.66. The molecule has 0 heterocycles. The van der Waals surface area contributed by atoms with Crippen LogP contribution < -0.4 is 5.32 Å². The summed E-state index contributed by atoms with van der Waals surface area (Å²) in [6, 6.07) is 0.248. The highest BCUT2D eigenvalue weighted by molar-refractivity contribution is 8.68. The molecule has 0 radical (unpaired) electrons. The van der Waals surface area contributed by atoms with Crippen LogP contribution in [0.4, 0.5) is 0 Å². The van der Waals surface area contributed by atoms with Gasteiger partial charge in [-0.2, -0.15) is 0 Å². The van der Waals surface area contributed by atoms with Gasteiger partial charge in [0.25, 0.3) is 0 Å². The van der Waals surface area contributed by atoms with Crippen LogP contribution in [0.1, 0.15) is 20.3 Å². The Labute approximate surface area is 71.0 Å². The lowest BCUT2D eigenvalue weighted by atomic mass is 10.3. The Bertz CT molecular complexity index is 106. The summed E-state index contributed by atoms with van der Waals surface area (Å²) in [5.41, 5.74) is 0. The van der Waals surface area contributed by atoms with Crippen molar-refractivity contribution in [3.8, 4) is 0 Å². The van der Waals surface area contributed by atoms with Crippen LogP contribution in [0.15, 0.2) is 0 Å². The summed E-state index contributed by atoms with van der Waals surface area (Å²) in [6.45, 7) is 3.90. The third-order valence-corrected chi connectivity index (χ3v) is 1.80. The standard InChI is InChI=1S/C6H13NOS2/c1-5(2)7-6(8)3-4-10-9/h5,9H,3-4H2,1-2H3,(H,7,8). The highest BCUT2D eigenvalue weighted by atomic mass is 33.1. The van der Waals surface area contributed by atoms with E-state index in [-0.39, 0.29) is 11.9 Å². The number of hydrogen-bond acceptors (Lipinski definition) is 3. The van der Waals surface area contributed by atoms with Crippen LogP contribution in [0, 0.1) is 0 Å². The predicted molar refractivity (Wildman–Crippen MR) is 49.3 cm³/mol. The van der Waals surface area contributed by atoms with E-state index < -0.39 is 0 Å². The second kappa shape index (κ2) is 5.92. The van der Waals surface area contributed by atoms with Crippen LogP contribution in [0.2, 0.25) is 0 Å². The zero-order valence-corrected chi connectivity index (χ0v) is 7.97. The molecule has 0 aromatic heterocycles. The van der Waals surface area contributed by atoms with Crippen molar-refractivity contribution >= 4 is 28.4 Å². The number of rotatable bonds is 4. The number of nitrogens with one attached hydrogen (secondary N) is 1. The first-order valence-electron chi connectivity index (χ1n) is 3.22. The minimum atomic E-state index is 0.108. The molecular formula is C6H13NOS2. The quantitative estimate of drug-likeness (QED) is 0.505. The van der Waals surface area contributed by atoms with Crippen LogP contribution in [0.3, 0.4) is 0 Å². The van der Waals surface area contributed by atoms with Gasteiger partial charge in [0, 0.05) is 18.2 Å². The van der Waals surface area contributed by atoms with E-state index in [9.17, 15) is 4.79 Å².